The third kappa shape index (κ3) is 1.93. The maximum atomic E-state index is 12.3. The molecule has 17 heavy (non-hydrogen) atoms. The van der Waals surface area contributed by atoms with Crippen LogP contribution in [0.1, 0.15) is 22.8 Å². The van der Waals surface area contributed by atoms with Gasteiger partial charge in [-0.1, -0.05) is 6.07 Å². The van der Waals surface area contributed by atoms with Gasteiger partial charge in [-0.25, -0.2) is 0 Å². The summed E-state index contributed by atoms with van der Waals surface area (Å²) in [6, 6.07) is 3.69. The maximum absolute atomic E-state index is 12.3. The molecule has 0 radical (unpaired) electrons. The molecule has 0 bridgehead atoms. The van der Waals surface area contributed by atoms with Crippen LogP contribution in [0.4, 0.5) is 0 Å². The number of hydrogen-bond acceptors (Lipinski definition) is 3. The lowest BCUT2D eigenvalue weighted by Crippen LogP contribution is -2.16. The van der Waals surface area contributed by atoms with Crippen molar-refractivity contribution in [1.29, 1.82) is 0 Å². The zero-order valence-electron chi connectivity index (χ0n) is 9.30. The first-order valence-corrected chi connectivity index (χ1v) is 6.22. The quantitative estimate of drug-likeness (QED) is 0.628. The van der Waals surface area contributed by atoms with E-state index in [1.165, 1.54) is 6.92 Å². The summed E-state index contributed by atoms with van der Waals surface area (Å²) in [6.45, 7) is 3.20. The number of aromatic nitrogens is 1. The summed E-state index contributed by atoms with van der Waals surface area (Å²) in [5, 5.41) is 0.837. The molecule has 2 rings (SSSR count). The number of aromatic amines is 1. The van der Waals surface area contributed by atoms with E-state index in [2.05, 4.69) is 33.5 Å². The molecule has 0 fully saturated rings. The molecule has 3 nitrogen and oxygen atoms in total. The van der Waals surface area contributed by atoms with Gasteiger partial charge in [0.2, 0.25) is 5.43 Å². The van der Waals surface area contributed by atoms with Gasteiger partial charge in [-0.2, -0.15) is 0 Å². The van der Waals surface area contributed by atoms with Gasteiger partial charge >= 0.3 is 0 Å². The minimum atomic E-state index is -0.280. The van der Waals surface area contributed by atoms with Gasteiger partial charge in [0.15, 0.2) is 5.78 Å². The van der Waals surface area contributed by atoms with Crippen LogP contribution in [0.2, 0.25) is 0 Å². The van der Waals surface area contributed by atoms with Crippen LogP contribution in [0.15, 0.2) is 26.4 Å². The average molecular weight is 312 g/mol. The highest BCUT2D eigenvalue weighted by Gasteiger charge is 2.16. The smallest absolute Gasteiger partial charge is 0.201 e. The molecule has 1 N–H and O–H groups in total. The van der Waals surface area contributed by atoms with Gasteiger partial charge in [-0.3, -0.25) is 9.59 Å². The molecular weight excluding hydrogens is 302 g/mol. The van der Waals surface area contributed by atoms with Gasteiger partial charge in [0.1, 0.15) is 0 Å². The number of ketones is 1. The molecule has 1 aromatic carbocycles. The van der Waals surface area contributed by atoms with Crippen LogP contribution in [-0.2, 0) is 0 Å². The maximum Gasteiger partial charge on any atom is 0.201 e. The fraction of sp³-hybridized carbons (Fsp3) is 0.167. The van der Waals surface area contributed by atoms with Gasteiger partial charge in [0, 0.05) is 4.47 Å². The molecule has 1 aromatic heterocycles. The molecule has 0 spiro atoms. The highest BCUT2D eigenvalue weighted by atomic mass is 79.9. The fourth-order valence-electron chi connectivity index (χ4n) is 1.84. The fourth-order valence-corrected chi connectivity index (χ4v) is 2.64. The standard InChI is InChI=1S/C12H10BrNO2S/c1-5-3-4-7(13)10-8(5)11(16)9(6(2)15)12(17)14-10/h3-4H,1-2H3,(H2,14,16,17). The number of hydrogen-bond donors (Lipinski definition) is 2. The number of nitrogens with one attached hydrogen (secondary N) is 1. The minimum Gasteiger partial charge on any atom is -0.348 e. The second kappa shape index (κ2) is 4.31. The molecule has 0 unspecified atom stereocenters. The lowest BCUT2D eigenvalue weighted by Gasteiger charge is -2.08. The Balaban J connectivity index is 3.08. The minimum absolute atomic E-state index is 0.113. The number of H-pyrrole nitrogens is 1. The van der Waals surface area contributed by atoms with Crippen LogP contribution in [0, 0.1) is 6.92 Å². The summed E-state index contributed by atoms with van der Waals surface area (Å²) in [7, 11) is 0. The zero-order chi connectivity index (χ0) is 12.7. The zero-order valence-corrected chi connectivity index (χ0v) is 11.8. The largest absolute Gasteiger partial charge is 0.348 e. The number of fused-ring (bicyclic) bond motifs is 1. The predicted molar refractivity (Wildman–Crippen MR) is 74.3 cm³/mol. The molecule has 0 aliphatic carbocycles. The van der Waals surface area contributed by atoms with Crippen LogP contribution in [-0.4, -0.2) is 10.8 Å². The number of aryl methyl sites for hydroxylation is 1. The molecule has 0 aliphatic rings. The normalized spacial score (nSPS) is 10.8. The Hall–Kier alpha value is -1.07. The van der Waals surface area contributed by atoms with Crippen molar-refractivity contribution in [2.75, 3.05) is 0 Å². The number of halogens is 1. The van der Waals surface area contributed by atoms with Crippen molar-refractivity contribution >= 4 is 45.2 Å². The number of carbonyl (C=O) groups excluding carboxylic acids is 1. The van der Waals surface area contributed by atoms with Crippen molar-refractivity contribution in [3.63, 3.8) is 0 Å². The van der Waals surface area contributed by atoms with E-state index in [0.29, 0.717) is 15.9 Å². The summed E-state index contributed by atoms with van der Waals surface area (Å²) in [5.74, 6) is -0.280. The lowest BCUT2D eigenvalue weighted by atomic mass is 10.1. The number of carbonyl (C=O) groups is 1. The second-order valence-electron chi connectivity index (χ2n) is 3.85. The van der Waals surface area contributed by atoms with E-state index in [-0.39, 0.29) is 16.8 Å². The van der Waals surface area contributed by atoms with Gasteiger partial charge in [-0.05, 0) is 41.4 Å². The topological polar surface area (TPSA) is 49.9 Å². The first-order chi connectivity index (χ1) is 7.93. The summed E-state index contributed by atoms with van der Waals surface area (Å²) in [6.07, 6.45) is 0. The first-order valence-electron chi connectivity index (χ1n) is 4.98. The van der Waals surface area contributed by atoms with E-state index >= 15 is 0 Å². The Kier molecular flexibility index (Phi) is 3.14. The molecule has 0 amide bonds. The first kappa shape index (κ1) is 12.4. The summed E-state index contributed by atoms with van der Waals surface area (Å²) in [4.78, 5) is 26.7. The molecule has 0 saturated heterocycles. The van der Waals surface area contributed by atoms with E-state index < -0.39 is 0 Å². The lowest BCUT2D eigenvalue weighted by molar-refractivity contribution is 0.101. The van der Waals surface area contributed by atoms with Crippen LogP contribution < -0.4 is 5.43 Å². The van der Waals surface area contributed by atoms with Crippen molar-refractivity contribution in [2.45, 2.75) is 18.9 Å². The van der Waals surface area contributed by atoms with Crippen LogP contribution in [0.3, 0.4) is 0 Å². The van der Waals surface area contributed by atoms with Gasteiger partial charge in [-0.15, -0.1) is 12.6 Å². The SMILES string of the molecule is CC(=O)c1c(S)[nH]c2c(Br)ccc(C)c2c1=O. The van der Waals surface area contributed by atoms with Crippen molar-refractivity contribution in [3.05, 3.63) is 38.0 Å². The number of benzene rings is 1. The molecule has 0 saturated carbocycles. The van der Waals surface area contributed by atoms with E-state index in [0.717, 1.165) is 10.0 Å². The Morgan fingerprint density at radius 3 is 2.65 bits per heavy atom. The average Bonchev–Trinajstić information content (AvgIpc) is 2.22. The Morgan fingerprint density at radius 1 is 1.41 bits per heavy atom. The molecular formula is C12H10BrNO2S. The van der Waals surface area contributed by atoms with Gasteiger partial charge in [0.25, 0.3) is 0 Å². The van der Waals surface area contributed by atoms with Crippen LogP contribution >= 0.6 is 28.6 Å². The highest BCUT2D eigenvalue weighted by molar-refractivity contribution is 9.10. The Labute approximate surface area is 112 Å². The van der Waals surface area contributed by atoms with E-state index in [4.69, 9.17) is 0 Å². The second-order valence-corrected chi connectivity index (χ2v) is 5.15. The number of thiol groups is 1. The summed E-state index contributed by atoms with van der Waals surface area (Å²) < 4.78 is 0.778. The Bertz CT molecular complexity index is 691. The highest BCUT2D eigenvalue weighted by Crippen LogP contribution is 2.25. The third-order valence-electron chi connectivity index (χ3n) is 2.65. The van der Waals surface area contributed by atoms with Gasteiger partial charge in [0.05, 0.1) is 21.5 Å². The summed E-state index contributed by atoms with van der Waals surface area (Å²) >= 11 is 7.54. The van der Waals surface area contributed by atoms with E-state index in [1.54, 1.807) is 0 Å². The van der Waals surface area contributed by atoms with E-state index in [1.807, 2.05) is 19.1 Å². The molecule has 88 valence electrons. The predicted octanol–water partition coefficient (Wildman–Crippen LogP) is 3.09. The number of pyridine rings is 1. The molecule has 5 heteroatoms. The van der Waals surface area contributed by atoms with Crippen molar-refractivity contribution in [2.24, 2.45) is 0 Å². The number of Topliss-reactive ketones (excluding diaryl/α,β-unsaturated/α-hetero) is 1. The molecule has 0 aliphatic heterocycles. The summed E-state index contributed by atoms with van der Waals surface area (Å²) in [5.41, 5.74) is 1.35. The number of rotatable bonds is 1. The Morgan fingerprint density at radius 2 is 2.06 bits per heavy atom. The van der Waals surface area contributed by atoms with Crippen molar-refractivity contribution in [3.8, 4) is 0 Å². The van der Waals surface area contributed by atoms with Crippen molar-refractivity contribution in [1.82, 2.24) is 4.98 Å². The molecule has 1 heterocycles. The van der Waals surface area contributed by atoms with Crippen LogP contribution in [0.5, 0.6) is 0 Å². The third-order valence-corrected chi connectivity index (χ3v) is 3.65. The van der Waals surface area contributed by atoms with Crippen molar-refractivity contribution < 1.29 is 4.79 Å². The van der Waals surface area contributed by atoms with E-state index in [9.17, 15) is 9.59 Å². The monoisotopic (exact) mass is 311 g/mol. The van der Waals surface area contributed by atoms with Crippen LogP contribution in [0.25, 0.3) is 10.9 Å². The molecule has 2 aromatic rings. The molecule has 0 atom stereocenters. The van der Waals surface area contributed by atoms with Gasteiger partial charge < -0.3 is 4.98 Å².